The molecular weight excluding hydrogens is 458 g/mol. The molecular formula is C27H37N5O4. The number of rotatable bonds is 11. The van der Waals surface area contributed by atoms with Crippen LogP contribution >= 0.6 is 0 Å². The average molecular weight is 496 g/mol. The highest BCUT2D eigenvalue weighted by Gasteiger charge is 2.26. The van der Waals surface area contributed by atoms with Gasteiger partial charge >= 0.3 is 6.01 Å². The molecule has 4 rings (SSSR count). The highest BCUT2D eigenvalue weighted by Crippen LogP contribution is 2.37. The number of aromatic nitrogens is 4. The first kappa shape index (κ1) is 25.9. The van der Waals surface area contributed by atoms with Crippen molar-refractivity contribution in [3.05, 3.63) is 35.8 Å². The predicted molar refractivity (Wildman–Crippen MR) is 139 cm³/mol. The molecule has 1 saturated heterocycles. The monoisotopic (exact) mass is 495 g/mol. The first-order chi connectivity index (χ1) is 17.4. The summed E-state index contributed by atoms with van der Waals surface area (Å²) in [6.07, 6.45) is 7.00. The van der Waals surface area contributed by atoms with E-state index in [0.29, 0.717) is 30.6 Å². The summed E-state index contributed by atoms with van der Waals surface area (Å²) in [5.41, 5.74) is 2.49. The van der Waals surface area contributed by atoms with E-state index in [0.717, 1.165) is 55.0 Å². The van der Waals surface area contributed by atoms with E-state index in [1.165, 1.54) is 5.56 Å². The largest absolute Gasteiger partial charge is 0.496 e. The molecule has 0 bridgehead atoms. The minimum atomic E-state index is -0.102. The molecule has 0 aromatic carbocycles. The number of H-pyrrole nitrogens is 1. The standard InChI is InChI=1S/C27H37N5O4/c1-6-17(2)13-22(33)21-14-24(31-27(30-21)36-16-18(3)34-4)32-11-8-19(9-12-32)20-15-29-26-25(20)23(35-5)7-10-28-26/h7,10,14-15,17-19H,6,8-9,11-13,16H2,1-5H3,(H,28,29)/t17-,18+/m0/s1. The molecule has 0 radical (unpaired) electrons. The molecule has 36 heavy (non-hydrogen) atoms. The van der Waals surface area contributed by atoms with Crippen molar-refractivity contribution in [2.75, 3.05) is 38.8 Å². The number of hydrogen-bond acceptors (Lipinski definition) is 8. The zero-order chi connectivity index (χ0) is 25.7. The van der Waals surface area contributed by atoms with Gasteiger partial charge in [0.15, 0.2) is 5.78 Å². The summed E-state index contributed by atoms with van der Waals surface area (Å²) >= 11 is 0. The number of Topliss-reactive ketones (excluding diaryl/α,β-unsaturated/α-hetero) is 1. The van der Waals surface area contributed by atoms with Gasteiger partial charge in [0.05, 0.1) is 18.6 Å². The maximum atomic E-state index is 13.0. The maximum Gasteiger partial charge on any atom is 0.319 e. The van der Waals surface area contributed by atoms with Gasteiger partial charge in [-0.2, -0.15) is 9.97 Å². The van der Waals surface area contributed by atoms with Crippen LogP contribution in [0.25, 0.3) is 11.0 Å². The van der Waals surface area contributed by atoms with Crippen LogP contribution in [0, 0.1) is 5.92 Å². The van der Waals surface area contributed by atoms with Crippen LogP contribution in [-0.2, 0) is 4.74 Å². The fourth-order valence-corrected chi connectivity index (χ4v) is 4.57. The van der Waals surface area contributed by atoms with Crippen molar-refractivity contribution in [3.8, 4) is 11.8 Å². The second kappa shape index (κ2) is 11.7. The Labute approximate surface area is 212 Å². The van der Waals surface area contributed by atoms with Gasteiger partial charge in [-0.15, -0.1) is 0 Å². The second-order valence-electron chi connectivity index (χ2n) is 9.63. The number of nitrogens with one attached hydrogen (secondary N) is 1. The maximum absolute atomic E-state index is 13.0. The lowest BCUT2D eigenvalue weighted by molar-refractivity contribution is 0.0678. The van der Waals surface area contributed by atoms with E-state index < -0.39 is 0 Å². The van der Waals surface area contributed by atoms with Gasteiger partial charge in [0.1, 0.15) is 29.5 Å². The van der Waals surface area contributed by atoms with Crippen molar-refractivity contribution in [1.29, 1.82) is 0 Å². The summed E-state index contributed by atoms with van der Waals surface area (Å²) in [6, 6.07) is 3.94. The number of anilines is 1. The summed E-state index contributed by atoms with van der Waals surface area (Å²) in [7, 11) is 3.33. The van der Waals surface area contributed by atoms with Crippen LogP contribution in [-0.4, -0.2) is 65.7 Å². The SMILES string of the molecule is CC[C@H](C)CC(=O)c1cc(N2CCC(c3c[nH]c4nccc(OC)c34)CC2)nc(OC[C@@H](C)OC)n1. The third-order valence-electron chi connectivity index (χ3n) is 7.10. The molecule has 3 aromatic heterocycles. The number of carbonyl (C=O) groups is 1. The summed E-state index contributed by atoms with van der Waals surface area (Å²) < 4.78 is 16.7. The lowest BCUT2D eigenvalue weighted by Crippen LogP contribution is -2.34. The van der Waals surface area contributed by atoms with Crippen LogP contribution < -0.4 is 14.4 Å². The van der Waals surface area contributed by atoms with E-state index in [-0.39, 0.29) is 17.9 Å². The topological polar surface area (TPSA) is 102 Å². The molecule has 1 aliphatic heterocycles. The normalized spacial score (nSPS) is 16.2. The molecule has 3 aromatic rings. The van der Waals surface area contributed by atoms with Gasteiger partial charge in [-0.25, -0.2) is 4.98 Å². The molecule has 194 valence electrons. The summed E-state index contributed by atoms with van der Waals surface area (Å²) in [4.78, 5) is 32.0. The summed E-state index contributed by atoms with van der Waals surface area (Å²) in [6.45, 7) is 8.02. The Morgan fingerprint density at radius 3 is 2.69 bits per heavy atom. The number of methoxy groups -OCH3 is 2. The number of hydrogen-bond donors (Lipinski definition) is 1. The number of ketones is 1. The quantitative estimate of drug-likeness (QED) is 0.379. The first-order valence-corrected chi connectivity index (χ1v) is 12.8. The Bertz CT molecular complexity index is 1170. The van der Waals surface area contributed by atoms with Gasteiger partial charge in [-0.3, -0.25) is 4.79 Å². The summed E-state index contributed by atoms with van der Waals surface area (Å²) in [5.74, 6) is 2.26. The fourth-order valence-electron chi connectivity index (χ4n) is 4.57. The van der Waals surface area contributed by atoms with E-state index >= 15 is 0 Å². The number of pyridine rings is 1. The van der Waals surface area contributed by atoms with Gasteiger partial charge in [0, 0.05) is 45.1 Å². The van der Waals surface area contributed by atoms with Crippen molar-refractivity contribution in [2.45, 2.75) is 58.5 Å². The Kier molecular flexibility index (Phi) is 8.40. The van der Waals surface area contributed by atoms with Crippen LogP contribution in [0.5, 0.6) is 11.8 Å². The van der Waals surface area contributed by atoms with Gasteiger partial charge in [0.2, 0.25) is 0 Å². The summed E-state index contributed by atoms with van der Waals surface area (Å²) in [5, 5.41) is 1.06. The van der Waals surface area contributed by atoms with Crippen LogP contribution in [0.3, 0.4) is 0 Å². The van der Waals surface area contributed by atoms with Crippen molar-refractivity contribution in [3.63, 3.8) is 0 Å². The Morgan fingerprint density at radius 2 is 2.00 bits per heavy atom. The fraction of sp³-hybridized carbons (Fsp3) is 0.556. The Morgan fingerprint density at radius 1 is 1.22 bits per heavy atom. The van der Waals surface area contributed by atoms with Crippen molar-refractivity contribution in [1.82, 2.24) is 19.9 Å². The molecule has 0 saturated carbocycles. The first-order valence-electron chi connectivity index (χ1n) is 12.8. The van der Waals surface area contributed by atoms with Crippen LogP contribution in [0.15, 0.2) is 24.5 Å². The molecule has 4 heterocycles. The van der Waals surface area contributed by atoms with Crippen molar-refractivity contribution < 1.29 is 19.0 Å². The van der Waals surface area contributed by atoms with Gasteiger partial charge in [-0.05, 0) is 43.2 Å². The number of nitrogens with zero attached hydrogens (tertiary/aromatic N) is 4. The number of aromatic amines is 1. The smallest absolute Gasteiger partial charge is 0.319 e. The van der Waals surface area contributed by atoms with E-state index in [1.54, 1.807) is 20.4 Å². The van der Waals surface area contributed by atoms with Gasteiger partial charge in [0.25, 0.3) is 0 Å². The minimum absolute atomic E-state index is 0.0194. The zero-order valence-electron chi connectivity index (χ0n) is 21.9. The molecule has 1 fully saturated rings. The van der Waals surface area contributed by atoms with Crippen LogP contribution in [0.1, 0.15) is 68.4 Å². The number of piperidine rings is 1. The average Bonchev–Trinajstić information content (AvgIpc) is 3.36. The lowest BCUT2D eigenvalue weighted by atomic mass is 9.89. The predicted octanol–water partition coefficient (Wildman–Crippen LogP) is 4.78. The molecule has 9 nitrogen and oxygen atoms in total. The Balaban J connectivity index is 1.53. The molecule has 0 aliphatic carbocycles. The highest BCUT2D eigenvalue weighted by molar-refractivity contribution is 5.95. The van der Waals surface area contributed by atoms with Crippen molar-refractivity contribution in [2.24, 2.45) is 5.92 Å². The van der Waals surface area contributed by atoms with E-state index in [1.807, 2.05) is 19.1 Å². The van der Waals surface area contributed by atoms with Gasteiger partial charge < -0.3 is 24.1 Å². The molecule has 9 heteroatoms. The highest BCUT2D eigenvalue weighted by atomic mass is 16.5. The number of fused-ring (bicyclic) bond motifs is 1. The van der Waals surface area contributed by atoms with E-state index in [2.05, 4.69) is 44.9 Å². The third kappa shape index (κ3) is 5.78. The number of carbonyl (C=O) groups excluding carboxylic acids is 1. The van der Waals surface area contributed by atoms with E-state index in [9.17, 15) is 4.79 Å². The molecule has 0 amide bonds. The zero-order valence-corrected chi connectivity index (χ0v) is 21.9. The number of ether oxygens (including phenoxy) is 3. The third-order valence-corrected chi connectivity index (χ3v) is 7.10. The molecule has 1 aliphatic rings. The van der Waals surface area contributed by atoms with Crippen molar-refractivity contribution >= 4 is 22.6 Å². The lowest BCUT2D eigenvalue weighted by Gasteiger charge is -2.33. The molecule has 1 N–H and O–H groups in total. The minimum Gasteiger partial charge on any atom is -0.496 e. The molecule has 2 atom stereocenters. The van der Waals surface area contributed by atoms with Crippen LogP contribution in [0.4, 0.5) is 5.82 Å². The van der Waals surface area contributed by atoms with E-state index in [4.69, 9.17) is 14.2 Å². The second-order valence-corrected chi connectivity index (χ2v) is 9.63. The molecule has 0 unspecified atom stereocenters. The Hall–Kier alpha value is -3.20. The molecule has 0 spiro atoms. The van der Waals surface area contributed by atoms with Gasteiger partial charge in [-0.1, -0.05) is 20.3 Å². The van der Waals surface area contributed by atoms with Crippen LogP contribution in [0.2, 0.25) is 0 Å².